The molecule has 0 aromatic carbocycles. The number of ether oxygens (including phenoxy) is 4. The van der Waals surface area contributed by atoms with Crippen LogP contribution in [0.5, 0.6) is 0 Å². The summed E-state index contributed by atoms with van der Waals surface area (Å²) in [5.41, 5.74) is 7.82. The van der Waals surface area contributed by atoms with Gasteiger partial charge in [-0.05, 0) is 101 Å². The van der Waals surface area contributed by atoms with Gasteiger partial charge in [0.05, 0.1) is 19.8 Å². The van der Waals surface area contributed by atoms with E-state index in [1.54, 1.807) is 7.11 Å². The van der Waals surface area contributed by atoms with Crippen molar-refractivity contribution in [3.05, 3.63) is 69.9 Å². The summed E-state index contributed by atoms with van der Waals surface area (Å²) >= 11 is 0. The maximum absolute atomic E-state index is 6.03. The molecule has 0 aromatic rings. The van der Waals surface area contributed by atoms with E-state index in [9.17, 15) is 0 Å². The second-order valence-electron chi connectivity index (χ2n) is 10.2. The molecule has 0 atom stereocenters. The molecule has 0 radical (unpaired) electrons. The Morgan fingerprint density at radius 1 is 0.472 bits per heavy atom. The maximum atomic E-state index is 6.03. The van der Waals surface area contributed by atoms with Gasteiger partial charge in [0, 0.05) is 7.11 Å². The Balaban J connectivity index is 5.19. The van der Waals surface area contributed by atoms with Crippen LogP contribution in [-0.2, 0) is 18.9 Å². The van der Waals surface area contributed by atoms with Crippen LogP contribution in [0.4, 0.5) is 0 Å². The Morgan fingerprint density at radius 2 is 0.750 bits per heavy atom. The quantitative estimate of drug-likeness (QED) is 0.130. The van der Waals surface area contributed by atoms with Gasteiger partial charge in [0.15, 0.2) is 0 Å². The molecule has 0 N–H and O–H groups in total. The molecule has 0 aliphatic carbocycles. The lowest BCUT2D eigenvalue weighted by Gasteiger charge is -2.30. The van der Waals surface area contributed by atoms with Crippen molar-refractivity contribution >= 4 is 0 Å². The molecule has 0 bridgehead atoms. The van der Waals surface area contributed by atoms with Gasteiger partial charge < -0.3 is 4.74 Å². The van der Waals surface area contributed by atoms with E-state index in [0.717, 1.165) is 38.5 Å². The summed E-state index contributed by atoms with van der Waals surface area (Å²) < 4.78 is 23.7. The van der Waals surface area contributed by atoms with Crippen LogP contribution in [0.1, 0.15) is 101 Å². The molecule has 0 spiro atoms. The Kier molecular flexibility index (Phi) is 19.4. The fourth-order valence-electron chi connectivity index (χ4n) is 3.23. The van der Waals surface area contributed by atoms with E-state index in [2.05, 4.69) is 98.8 Å². The molecule has 4 heteroatoms. The summed E-state index contributed by atoms with van der Waals surface area (Å²) in [6.45, 7) is 20.2. The topological polar surface area (TPSA) is 36.9 Å². The fourth-order valence-corrected chi connectivity index (χ4v) is 3.23. The number of hydrogen-bond donors (Lipinski definition) is 0. The molecule has 0 unspecified atom stereocenters. The molecule has 0 aromatic heterocycles. The van der Waals surface area contributed by atoms with Crippen molar-refractivity contribution in [2.75, 3.05) is 26.9 Å². The largest absolute Gasteiger partial charge is 0.413 e. The van der Waals surface area contributed by atoms with Gasteiger partial charge in [-0.2, -0.15) is 0 Å². The van der Waals surface area contributed by atoms with Crippen molar-refractivity contribution in [2.24, 2.45) is 0 Å². The van der Waals surface area contributed by atoms with Gasteiger partial charge >= 0.3 is 6.16 Å². The molecular weight excluding hydrogens is 448 g/mol. The molecule has 0 saturated carbocycles. The lowest BCUT2D eigenvalue weighted by molar-refractivity contribution is -0.485. The minimum absolute atomic E-state index is 0.348. The highest BCUT2D eigenvalue weighted by molar-refractivity contribution is 5.04. The fraction of sp³-hybridized carbons (Fsp3) is 0.625. The number of rotatable bonds is 19. The van der Waals surface area contributed by atoms with Crippen LogP contribution in [0.25, 0.3) is 0 Å². The third kappa shape index (κ3) is 19.5. The van der Waals surface area contributed by atoms with Crippen molar-refractivity contribution < 1.29 is 18.9 Å². The Hall–Kier alpha value is -1.72. The molecule has 4 nitrogen and oxygen atoms in total. The Labute approximate surface area is 222 Å². The van der Waals surface area contributed by atoms with Gasteiger partial charge in [-0.3, -0.25) is 14.2 Å². The third-order valence-electron chi connectivity index (χ3n) is 5.60. The van der Waals surface area contributed by atoms with Crippen molar-refractivity contribution in [3.8, 4) is 0 Å². The summed E-state index contributed by atoms with van der Waals surface area (Å²) in [7, 11) is 1.56. The summed E-state index contributed by atoms with van der Waals surface area (Å²) in [4.78, 5) is 0. The monoisotopic (exact) mass is 502 g/mol. The number of allylic oxidation sites excluding steroid dienone is 9. The molecule has 0 aliphatic heterocycles. The minimum atomic E-state index is -1.55. The van der Waals surface area contributed by atoms with Gasteiger partial charge in [-0.25, -0.2) is 0 Å². The lowest BCUT2D eigenvalue weighted by Crippen LogP contribution is -2.41. The summed E-state index contributed by atoms with van der Waals surface area (Å²) in [6.07, 6.45) is 17.5. The molecule has 0 fully saturated rings. The summed E-state index contributed by atoms with van der Waals surface area (Å²) in [5.74, 6) is 0. The van der Waals surface area contributed by atoms with E-state index < -0.39 is 6.16 Å². The second kappa shape index (κ2) is 20.4. The van der Waals surface area contributed by atoms with Gasteiger partial charge in [0.2, 0.25) is 0 Å². The molecule has 0 amide bonds. The van der Waals surface area contributed by atoms with Gasteiger partial charge in [0.1, 0.15) is 0 Å². The van der Waals surface area contributed by atoms with Crippen LogP contribution in [0, 0.1) is 0 Å². The van der Waals surface area contributed by atoms with E-state index in [4.69, 9.17) is 18.9 Å². The van der Waals surface area contributed by atoms with Crippen LogP contribution in [0.15, 0.2) is 69.9 Å². The summed E-state index contributed by atoms with van der Waals surface area (Å²) in [6, 6.07) is 0. The molecule has 206 valence electrons. The molecule has 0 saturated heterocycles. The minimum Gasteiger partial charge on any atom is -0.307 e. The van der Waals surface area contributed by atoms with Gasteiger partial charge in [-0.15, -0.1) is 0 Å². The molecule has 0 rings (SSSR count). The molecule has 0 aliphatic rings. The van der Waals surface area contributed by atoms with Crippen LogP contribution in [-0.4, -0.2) is 33.1 Å². The van der Waals surface area contributed by atoms with Crippen LogP contribution < -0.4 is 0 Å². The molecule has 36 heavy (non-hydrogen) atoms. The number of hydrogen-bond acceptors (Lipinski definition) is 4. The maximum Gasteiger partial charge on any atom is 0.413 e. The zero-order valence-electron chi connectivity index (χ0n) is 25.0. The first kappa shape index (κ1) is 34.3. The third-order valence-corrected chi connectivity index (χ3v) is 5.60. The first-order valence-electron chi connectivity index (χ1n) is 13.3. The highest BCUT2D eigenvalue weighted by atomic mass is 17.0. The Morgan fingerprint density at radius 3 is 0.972 bits per heavy atom. The average molecular weight is 503 g/mol. The predicted octanol–water partition coefficient (Wildman–Crippen LogP) is 9.37. The molecular formula is C32H54O4. The predicted molar refractivity (Wildman–Crippen MR) is 155 cm³/mol. The van der Waals surface area contributed by atoms with Crippen molar-refractivity contribution in [2.45, 2.75) is 107 Å². The highest BCUT2D eigenvalue weighted by Gasteiger charge is 2.33. The summed E-state index contributed by atoms with van der Waals surface area (Å²) in [5, 5.41) is 0. The Bertz CT molecular complexity index is 678. The smallest absolute Gasteiger partial charge is 0.307 e. The van der Waals surface area contributed by atoms with E-state index in [1.165, 1.54) is 33.4 Å². The average Bonchev–Trinajstić information content (AvgIpc) is 2.78. The van der Waals surface area contributed by atoms with E-state index >= 15 is 0 Å². The standard InChI is InChI=1S/C32H54O4/c1-26(2)14-11-17-29(7)20-23-34-32(33-10,35-24-21-30(8)18-12-15-27(3)4)36-25-22-31(9)19-13-16-28(5)6/h14-16,20-22H,11-13,17-19,23-25H2,1-10H3. The number of methoxy groups -OCH3 is 1. The lowest BCUT2D eigenvalue weighted by atomic mass is 10.1. The first-order chi connectivity index (χ1) is 17.0. The van der Waals surface area contributed by atoms with Gasteiger partial charge in [-0.1, -0.05) is 69.9 Å². The highest BCUT2D eigenvalue weighted by Crippen LogP contribution is 2.19. The second-order valence-corrected chi connectivity index (χ2v) is 10.2. The van der Waals surface area contributed by atoms with Crippen molar-refractivity contribution in [3.63, 3.8) is 0 Å². The zero-order chi connectivity index (χ0) is 27.4. The molecule has 0 heterocycles. The normalized spacial score (nSPS) is 14.3. The van der Waals surface area contributed by atoms with E-state index in [0.29, 0.717) is 19.8 Å². The van der Waals surface area contributed by atoms with Crippen LogP contribution >= 0.6 is 0 Å². The SMILES string of the molecule is COC(OCC=C(C)CCC=C(C)C)(OCC=C(C)CCC=C(C)C)OCC=C(C)CCC=C(C)C. The van der Waals surface area contributed by atoms with E-state index in [-0.39, 0.29) is 0 Å². The van der Waals surface area contributed by atoms with E-state index in [1.807, 2.05) is 0 Å². The zero-order valence-corrected chi connectivity index (χ0v) is 25.0. The van der Waals surface area contributed by atoms with Gasteiger partial charge in [0.25, 0.3) is 0 Å². The van der Waals surface area contributed by atoms with Crippen molar-refractivity contribution in [1.82, 2.24) is 0 Å². The van der Waals surface area contributed by atoms with Crippen LogP contribution in [0.3, 0.4) is 0 Å². The first-order valence-corrected chi connectivity index (χ1v) is 13.3. The van der Waals surface area contributed by atoms with Crippen molar-refractivity contribution in [1.29, 1.82) is 0 Å². The van der Waals surface area contributed by atoms with Crippen LogP contribution in [0.2, 0.25) is 0 Å².